The topological polar surface area (TPSA) is 112 Å². The Labute approximate surface area is 135 Å². The molecule has 2 aromatic rings. The highest BCUT2D eigenvalue weighted by atomic mass is 32.2. The van der Waals surface area contributed by atoms with Crippen molar-refractivity contribution in [3.8, 4) is 11.3 Å². The fourth-order valence-corrected chi connectivity index (χ4v) is 3.07. The molecule has 0 saturated carbocycles. The zero-order valence-electron chi connectivity index (χ0n) is 12.1. The second-order valence-corrected chi connectivity index (χ2v) is 6.05. The standard InChI is InChI=1S/C14H12N4O4S/c1-8-11(12(17-22-8)9-5-3-2-4-6-9)13(19)16-14-15-7-10(23-14)18(20)21/h2-7,10,14H,1H3,(H,16,19)/p+1/t10-,14-/m1/s1. The molecule has 3 rings (SSSR count). The summed E-state index contributed by atoms with van der Waals surface area (Å²) in [5, 5.41) is 16.5. The van der Waals surface area contributed by atoms with E-state index in [2.05, 4.69) is 15.5 Å². The number of benzene rings is 1. The fourth-order valence-electron chi connectivity index (χ4n) is 2.20. The third kappa shape index (κ3) is 3.09. The smallest absolute Gasteiger partial charge is 0.340 e. The second kappa shape index (κ2) is 6.21. The highest BCUT2D eigenvalue weighted by Crippen LogP contribution is 2.25. The monoisotopic (exact) mass is 333 g/mol. The molecule has 1 aliphatic heterocycles. The summed E-state index contributed by atoms with van der Waals surface area (Å²) in [7, 11) is 0. The van der Waals surface area contributed by atoms with Crippen LogP contribution in [0.5, 0.6) is 0 Å². The lowest BCUT2D eigenvalue weighted by molar-refractivity contribution is -0.496. The number of aryl methyl sites for hydroxylation is 1. The van der Waals surface area contributed by atoms with Crippen LogP contribution >= 0.6 is 11.8 Å². The number of thioether (sulfide) groups is 1. The highest BCUT2D eigenvalue weighted by molar-refractivity contribution is 8.00. The predicted octanol–water partition coefficient (Wildman–Crippen LogP) is 0.164. The Morgan fingerprint density at radius 3 is 2.83 bits per heavy atom. The van der Waals surface area contributed by atoms with E-state index >= 15 is 0 Å². The van der Waals surface area contributed by atoms with E-state index in [-0.39, 0.29) is 0 Å². The summed E-state index contributed by atoms with van der Waals surface area (Å²) in [4.78, 5) is 25.6. The van der Waals surface area contributed by atoms with Gasteiger partial charge in [-0.15, -0.1) is 0 Å². The van der Waals surface area contributed by atoms with Crippen molar-refractivity contribution in [3.63, 3.8) is 0 Å². The molecule has 0 unspecified atom stereocenters. The molecule has 1 aliphatic rings. The second-order valence-electron chi connectivity index (χ2n) is 4.83. The van der Waals surface area contributed by atoms with Gasteiger partial charge in [-0.25, -0.2) is 4.99 Å². The molecule has 0 spiro atoms. The normalized spacial score (nSPS) is 19.7. The summed E-state index contributed by atoms with van der Waals surface area (Å²) >= 11 is 1.00. The molecule has 23 heavy (non-hydrogen) atoms. The Balaban J connectivity index is 1.80. The molecule has 1 amide bonds. The first-order valence-electron chi connectivity index (χ1n) is 6.77. The van der Waals surface area contributed by atoms with Crippen LogP contribution in [0.25, 0.3) is 11.3 Å². The number of amides is 1. The van der Waals surface area contributed by atoms with E-state index < -0.39 is 21.7 Å². The summed E-state index contributed by atoms with van der Waals surface area (Å²) in [6.07, 6.45) is 1.34. The molecule has 2 N–H and O–H groups in total. The molecule has 0 radical (unpaired) electrons. The van der Waals surface area contributed by atoms with E-state index in [0.29, 0.717) is 17.0 Å². The van der Waals surface area contributed by atoms with Gasteiger partial charge in [-0.3, -0.25) is 20.2 Å². The third-order valence-corrected chi connectivity index (χ3v) is 4.39. The van der Waals surface area contributed by atoms with Crippen LogP contribution in [0.4, 0.5) is 0 Å². The van der Waals surface area contributed by atoms with Gasteiger partial charge in [0.15, 0.2) is 0 Å². The first-order valence-corrected chi connectivity index (χ1v) is 7.71. The van der Waals surface area contributed by atoms with Crippen LogP contribution in [0, 0.1) is 17.0 Å². The summed E-state index contributed by atoms with van der Waals surface area (Å²) in [5.74, 6) is -0.0100. The van der Waals surface area contributed by atoms with Gasteiger partial charge in [-0.05, 0) is 6.92 Å². The first kappa shape index (κ1) is 15.2. The number of hydrogen-bond donors (Lipinski definition) is 2. The predicted molar refractivity (Wildman–Crippen MR) is 83.3 cm³/mol. The van der Waals surface area contributed by atoms with Gasteiger partial charge in [-0.1, -0.05) is 35.5 Å². The lowest BCUT2D eigenvalue weighted by Crippen LogP contribution is -2.77. The molecular formula is C14H13N4O4S+. The minimum Gasteiger partial charge on any atom is -0.360 e. The van der Waals surface area contributed by atoms with Gasteiger partial charge in [0, 0.05) is 22.2 Å². The Morgan fingerprint density at radius 1 is 1.43 bits per heavy atom. The van der Waals surface area contributed by atoms with Crippen LogP contribution < -0.4 is 10.3 Å². The minimum absolute atomic E-state index is 0.322. The van der Waals surface area contributed by atoms with Crippen molar-refractivity contribution >= 4 is 23.9 Å². The van der Waals surface area contributed by atoms with E-state index in [1.165, 1.54) is 6.21 Å². The number of nitro groups is 1. The average molecular weight is 333 g/mol. The van der Waals surface area contributed by atoms with Gasteiger partial charge in [0.05, 0.1) is 0 Å². The molecule has 8 nitrogen and oxygen atoms in total. The van der Waals surface area contributed by atoms with Crippen molar-refractivity contribution in [2.24, 2.45) is 0 Å². The number of rotatable bonds is 4. The average Bonchev–Trinajstić information content (AvgIpc) is 3.15. The van der Waals surface area contributed by atoms with Crippen LogP contribution in [0.2, 0.25) is 0 Å². The van der Waals surface area contributed by atoms with E-state index in [4.69, 9.17) is 4.52 Å². The molecule has 1 aromatic carbocycles. The van der Waals surface area contributed by atoms with Crippen LogP contribution in [-0.2, 0) is 0 Å². The van der Waals surface area contributed by atoms with E-state index in [1.54, 1.807) is 6.92 Å². The number of carbonyl (C=O) groups excluding carboxylic acids is 1. The molecule has 2 atom stereocenters. The van der Waals surface area contributed by atoms with Crippen molar-refractivity contribution in [2.75, 3.05) is 0 Å². The van der Waals surface area contributed by atoms with Gasteiger partial charge in [0.1, 0.15) is 17.0 Å². The van der Waals surface area contributed by atoms with Crippen LogP contribution in [-0.4, -0.2) is 33.1 Å². The molecule has 1 aromatic heterocycles. The SMILES string of the molecule is Cc1onc(-c2ccccc2)c1C(=O)N[C@H]1[NH+]=C[C@H]([N+](=O)[O-])S1. The molecule has 9 heteroatoms. The highest BCUT2D eigenvalue weighted by Gasteiger charge is 2.37. The van der Waals surface area contributed by atoms with E-state index in [1.807, 2.05) is 30.3 Å². The van der Waals surface area contributed by atoms with Crippen molar-refractivity contribution in [1.29, 1.82) is 0 Å². The van der Waals surface area contributed by atoms with Gasteiger partial charge >= 0.3 is 5.37 Å². The molecule has 2 heterocycles. The van der Waals surface area contributed by atoms with Crippen LogP contribution in [0.3, 0.4) is 0 Å². The molecule has 0 saturated heterocycles. The number of carbonyl (C=O) groups is 1. The van der Waals surface area contributed by atoms with Crippen molar-refractivity contribution in [2.45, 2.75) is 17.8 Å². The molecule has 0 bridgehead atoms. The number of aromatic nitrogens is 1. The number of nitrogens with zero attached hydrogens (tertiary/aromatic N) is 2. The Bertz CT molecular complexity index is 774. The zero-order valence-corrected chi connectivity index (χ0v) is 12.9. The maximum atomic E-state index is 12.5. The molecule has 0 fully saturated rings. The lowest BCUT2D eigenvalue weighted by atomic mass is 10.1. The summed E-state index contributed by atoms with van der Waals surface area (Å²) in [5.41, 5.74) is 0.952. The van der Waals surface area contributed by atoms with Gasteiger partial charge in [0.25, 0.3) is 11.4 Å². The number of hydrogen-bond acceptors (Lipinski definition) is 6. The van der Waals surface area contributed by atoms with Crippen molar-refractivity contribution in [1.82, 2.24) is 10.5 Å². The number of nitrogens with one attached hydrogen (secondary N) is 2. The zero-order chi connectivity index (χ0) is 16.4. The Morgan fingerprint density at radius 2 is 2.17 bits per heavy atom. The maximum Gasteiger partial charge on any atom is 0.340 e. The van der Waals surface area contributed by atoms with Gasteiger partial charge in [-0.2, -0.15) is 0 Å². The van der Waals surface area contributed by atoms with Gasteiger partial charge in [0.2, 0.25) is 6.21 Å². The van der Waals surface area contributed by atoms with E-state index in [0.717, 1.165) is 17.3 Å². The Kier molecular flexibility index (Phi) is 4.11. The fraction of sp³-hybridized carbons (Fsp3) is 0.214. The largest absolute Gasteiger partial charge is 0.360 e. The van der Waals surface area contributed by atoms with E-state index in [9.17, 15) is 14.9 Å². The van der Waals surface area contributed by atoms with Crippen LogP contribution in [0.1, 0.15) is 16.1 Å². The van der Waals surface area contributed by atoms with Crippen molar-refractivity contribution < 1.29 is 19.2 Å². The summed E-state index contributed by atoms with van der Waals surface area (Å²) in [6, 6.07) is 9.20. The third-order valence-electron chi connectivity index (χ3n) is 3.27. The lowest BCUT2D eigenvalue weighted by Gasteiger charge is -2.06. The first-order chi connectivity index (χ1) is 11.1. The molecular weight excluding hydrogens is 320 g/mol. The molecule has 118 valence electrons. The maximum absolute atomic E-state index is 12.5. The molecule has 0 aliphatic carbocycles. The van der Waals surface area contributed by atoms with Crippen LogP contribution in [0.15, 0.2) is 34.9 Å². The quantitative estimate of drug-likeness (QED) is 0.609. The summed E-state index contributed by atoms with van der Waals surface area (Å²) in [6.45, 7) is 1.65. The Hall–Kier alpha value is -2.68. The van der Waals surface area contributed by atoms with Crippen molar-refractivity contribution in [3.05, 3.63) is 51.8 Å². The van der Waals surface area contributed by atoms with Gasteiger partial charge < -0.3 is 4.52 Å². The summed E-state index contributed by atoms with van der Waals surface area (Å²) < 4.78 is 5.14. The minimum atomic E-state index is -0.891.